The van der Waals surface area contributed by atoms with Gasteiger partial charge >= 0.3 is 0 Å². The third kappa shape index (κ3) is 4.06. The van der Waals surface area contributed by atoms with Crippen LogP contribution in [0.5, 0.6) is 5.88 Å². The van der Waals surface area contributed by atoms with Gasteiger partial charge in [-0.15, -0.1) is 0 Å². The standard InChI is InChI=1S/C14H23N3O2/c1-3-5-8-15-12-10-13(18-4-2)17-14(16-12)11-7-6-9-19-11/h10-11H,3-9H2,1-2H3,(H,15,16,17). The molecule has 0 aliphatic carbocycles. The monoisotopic (exact) mass is 265 g/mol. The average molecular weight is 265 g/mol. The lowest BCUT2D eigenvalue weighted by Gasteiger charge is -2.13. The van der Waals surface area contributed by atoms with E-state index < -0.39 is 0 Å². The lowest BCUT2D eigenvalue weighted by molar-refractivity contribution is 0.104. The van der Waals surface area contributed by atoms with Crippen molar-refractivity contribution in [1.82, 2.24) is 9.97 Å². The topological polar surface area (TPSA) is 56.3 Å². The van der Waals surface area contributed by atoms with Crippen LogP contribution in [0.2, 0.25) is 0 Å². The molecule has 0 radical (unpaired) electrons. The largest absolute Gasteiger partial charge is 0.478 e. The SMILES string of the molecule is CCCCNc1cc(OCC)nc(C2CCCO2)n1. The van der Waals surface area contributed by atoms with E-state index in [4.69, 9.17) is 9.47 Å². The van der Waals surface area contributed by atoms with E-state index in [1.165, 1.54) is 0 Å². The third-order valence-corrected chi connectivity index (χ3v) is 3.07. The third-order valence-electron chi connectivity index (χ3n) is 3.07. The van der Waals surface area contributed by atoms with E-state index in [0.29, 0.717) is 12.5 Å². The zero-order valence-corrected chi connectivity index (χ0v) is 11.8. The Labute approximate surface area is 114 Å². The minimum absolute atomic E-state index is 0.0205. The van der Waals surface area contributed by atoms with E-state index in [2.05, 4.69) is 22.2 Å². The van der Waals surface area contributed by atoms with Crippen LogP contribution in [0.25, 0.3) is 0 Å². The van der Waals surface area contributed by atoms with E-state index in [1.54, 1.807) is 0 Å². The number of aromatic nitrogens is 2. The fourth-order valence-electron chi connectivity index (χ4n) is 2.07. The molecule has 19 heavy (non-hydrogen) atoms. The molecule has 0 bridgehead atoms. The number of rotatable bonds is 7. The van der Waals surface area contributed by atoms with Crippen LogP contribution in [0.1, 0.15) is 51.5 Å². The van der Waals surface area contributed by atoms with Gasteiger partial charge in [0, 0.05) is 19.2 Å². The summed E-state index contributed by atoms with van der Waals surface area (Å²) < 4.78 is 11.2. The average Bonchev–Trinajstić information content (AvgIpc) is 2.93. The maximum Gasteiger partial charge on any atom is 0.218 e. The van der Waals surface area contributed by atoms with Crippen molar-refractivity contribution in [3.05, 3.63) is 11.9 Å². The van der Waals surface area contributed by atoms with Crippen molar-refractivity contribution in [2.75, 3.05) is 25.1 Å². The van der Waals surface area contributed by atoms with Crippen LogP contribution in [0.15, 0.2) is 6.07 Å². The van der Waals surface area contributed by atoms with Crippen LogP contribution < -0.4 is 10.1 Å². The van der Waals surface area contributed by atoms with Gasteiger partial charge in [-0.05, 0) is 26.2 Å². The van der Waals surface area contributed by atoms with Gasteiger partial charge in [-0.2, -0.15) is 4.98 Å². The summed E-state index contributed by atoms with van der Waals surface area (Å²) in [5, 5.41) is 3.32. The molecule has 0 aromatic carbocycles. The summed E-state index contributed by atoms with van der Waals surface area (Å²) in [5.74, 6) is 2.20. The summed E-state index contributed by atoms with van der Waals surface area (Å²) in [5.41, 5.74) is 0. The number of hydrogen-bond acceptors (Lipinski definition) is 5. The Balaban J connectivity index is 2.11. The molecular weight excluding hydrogens is 242 g/mol. The summed E-state index contributed by atoms with van der Waals surface area (Å²) in [7, 11) is 0. The second kappa shape index (κ2) is 7.28. The Kier molecular flexibility index (Phi) is 5.39. The van der Waals surface area contributed by atoms with Gasteiger partial charge in [-0.25, -0.2) is 4.98 Å². The van der Waals surface area contributed by atoms with Gasteiger partial charge in [-0.1, -0.05) is 13.3 Å². The summed E-state index contributed by atoms with van der Waals surface area (Å²) in [6.45, 7) is 6.45. The molecule has 5 nitrogen and oxygen atoms in total. The fourth-order valence-corrected chi connectivity index (χ4v) is 2.07. The zero-order valence-electron chi connectivity index (χ0n) is 11.8. The minimum atomic E-state index is 0.0205. The van der Waals surface area contributed by atoms with Gasteiger partial charge in [0.2, 0.25) is 5.88 Å². The Morgan fingerprint density at radius 2 is 2.32 bits per heavy atom. The smallest absolute Gasteiger partial charge is 0.218 e. The Morgan fingerprint density at radius 1 is 1.42 bits per heavy atom. The molecule has 0 spiro atoms. The fraction of sp³-hybridized carbons (Fsp3) is 0.714. The highest BCUT2D eigenvalue weighted by Gasteiger charge is 2.21. The van der Waals surface area contributed by atoms with Gasteiger partial charge < -0.3 is 14.8 Å². The number of nitrogens with zero attached hydrogens (tertiary/aromatic N) is 2. The van der Waals surface area contributed by atoms with Crippen molar-refractivity contribution in [2.45, 2.75) is 45.6 Å². The normalized spacial score (nSPS) is 18.5. The van der Waals surface area contributed by atoms with Crippen LogP contribution in [0, 0.1) is 0 Å². The lowest BCUT2D eigenvalue weighted by Crippen LogP contribution is -2.10. The molecule has 5 heteroatoms. The number of nitrogens with one attached hydrogen (secondary N) is 1. The quantitative estimate of drug-likeness (QED) is 0.768. The number of unbranched alkanes of at least 4 members (excludes halogenated alkanes) is 1. The van der Waals surface area contributed by atoms with Gasteiger partial charge in [0.05, 0.1) is 6.61 Å². The molecule has 106 valence electrons. The summed E-state index contributed by atoms with van der Waals surface area (Å²) in [6, 6.07) is 1.86. The van der Waals surface area contributed by atoms with Crippen LogP contribution >= 0.6 is 0 Å². The maximum absolute atomic E-state index is 5.64. The Bertz CT molecular complexity index is 392. The lowest BCUT2D eigenvalue weighted by atomic mass is 10.2. The van der Waals surface area contributed by atoms with Crippen LogP contribution in [0.4, 0.5) is 5.82 Å². The summed E-state index contributed by atoms with van der Waals surface area (Å²) >= 11 is 0. The Hall–Kier alpha value is -1.36. The molecule has 1 aliphatic rings. The van der Waals surface area contributed by atoms with Gasteiger partial charge in [-0.3, -0.25) is 0 Å². The highest BCUT2D eigenvalue weighted by Crippen LogP contribution is 2.28. The molecule has 0 amide bonds. The van der Waals surface area contributed by atoms with Crippen molar-refractivity contribution in [2.24, 2.45) is 0 Å². The van der Waals surface area contributed by atoms with E-state index in [-0.39, 0.29) is 6.10 Å². The van der Waals surface area contributed by atoms with Gasteiger partial charge in [0.25, 0.3) is 0 Å². The van der Waals surface area contributed by atoms with Crippen molar-refractivity contribution in [3.63, 3.8) is 0 Å². The molecular formula is C14H23N3O2. The first-order valence-corrected chi connectivity index (χ1v) is 7.20. The van der Waals surface area contributed by atoms with Crippen molar-refractivity contribution >= 4 is 5.82 Å². The highest BCUT2D eigenvalue weighted by atomic mass is 16.5. The second-order valence-corrected chi connectivity index (χ2v) is 4.66. The Morgan fingerprint density at radius 3 is 3.00 bits per heavy atom. The predicted molar refractivity (Wildman–Crippen MR) is 74.5 cm³/mol. The van der Waals surface area contributed by atoms with Gasteiger partial charge in [0.1, 0.15) is 11.9 Å². The molecule has 1 aromatic heterocycles. The van der Waals surface area contributed by atoms with Crippen molar-refractivity contribution in [3.8, 4) is 5.88 Å². The molecule has 1 unspecified atom stereocenters. The van der Waals surface area contributed by atoms with Crippen LogP contribution in [-0.2, 0) is 4.74 Å². The number of hydrogen-bond donors (Lipinski definition) is 1. The highest BCUT2D eigenvalue weighted by molar-refractivity contribution is 5.38. The van der Waals surface area contributed by atoms with Crippen molar-refractivity contribution < 1.29 is 9.47 Å². The summed E-state index contributed by atoms with van der Waals surface area (Å²) in [4.78, 5) is 8.98. The number of ether oxygens (including phenoxy) is 2. The predicted octanol–water partition coefficient (Wildman–Crippen LogP) is 2.94. The maximum atomic E-state index is 5.64. The first kappa shape index (κ1) is 14.1. The van der Waals surface area contributed by atoms with Gasteiger partial charge in [0.15, 0.2) is 5.82 Å². The van der Waals surface area contributed by atoms with E-state index in [9.17, 15) is 0 Å². The molecule has 1 saturated heterocycles. The number of anilines is 1. The van der Waals surface area contributed by atoms with E-state index in [1.807, 2.05) is 13.0 Å². The molecule has 2 heterocycles. The zero-order chi connectivity index (χ0) is 13.5. The molecule has 2 rings (SSSR count). The van der Waals surface area contributed by atoms with E-state index >= 15 is 0 Å². The van der Waals surface area contributed by atoms with E-state index in [0.717, 1.165) is 50.5 Å². The summed E-state index contributed by atoms with van der Waals surface area (Å²) in [6.07, 6.45) is 4.38. The first-order chi connectivity index (χ1) is 9.33. The molecule has 1 atom stereocenters. The van der Waals surface area contributed by atoms with Crippen LogP contribution in [0.3, 0.4) is 0 Å². The van der Waals surface area contributed by atoms with Crippen LogP contribution in [-0.4, -0.2) is 29.7 Å². The first-order valence-electron chi connectivity index (χ1n) is 7.20. The molecule has 1 aliphatic heterocycles. The molecule has 0 saturated carbocycles. The van der Waals surface area contributed by atoms with Crippen molar-refractivity contribution in [1.29, 1.82) is 0 Å². The molecule has 1 aromatic rings. The molecule has 1 fully saturated rings. The second-order valence-electron chi connectivity index (χ2n) is 4.66. The minimum Gasteiger partial charge on any atom is -0.478 e. The molecule has 1 N–H and O–H groups in total.